The van der Waals surface area contributed by atoms with E-state index < -0.39 is 9.84 Å². The van der Waals surface area contributed by atoms with Crippen LogP contribution in [0.5, 0.6) is 5.75 Å². The van der Waals surface area contributed by atoms with E-state index in [-0.39, 0.29) is 17.8 Å². The van der Waals surface area contributed by atoms with Crippen molar-refractivity contribution in [1.82, 2.24) is 5.32 Å². The van der Waals surface area contributed by atoms with Crippen molar-refractivity contribution >= 4 is 9.84 Å². The number of hydrogen-bond donors (Lipinski definition) is 1. The maximum absolute atomic E-state index is 11.4. The van der Waals surface area contributed by atoms with E-state index in [4.69, 9.17) is 4.74 Å². The Bertz CT molecular complexity index is 566. The summed E-state index contributed by atoms with van der Waals surface area (Å²) in [7, 11) is -3.02. The van der Waals surface area contributed by atoms with Crippen LogP contribution in [0.2, 0.25) is 0 Å². The van der Waals surface area contributed by atoms with Gasteiger partial charge in [-0.1, -0.05) is 24.3 Å². The van der Waals surface area contributed by atoms with Crippen molar-refractivity contribution in [1.29, 1.82) is 0 Å². The summed E-state index contributed by atoms with van der Waals surface area (Å²) in [5, 5.41) is 4.59. The Labute approximate surface area is 114 Å². The van der Waals surface area contributed by atoms with Crippen LogP contribution in [0.15, 0.2) is 35.7 Å². The van der Waals surface area contributed by atoms with E-state index in [1.807, 2.05) is 38.1 Å². The molecule has 0 saturated carbocycles. The highest BCUT2D eigenvalue weighted by Crippen LogP contribution is 2.25. The number of benzene rings is 1. The van der Waals surface area contributed by atoms with Crippen LogP contribution in [-0.2, 0) is 9.84 Å². The molecule has 1 aliphatic rings. The van der Waals surface area contributed by atoms with Gasteiger partial charge in [-0.15, -0.1) is 0 Å². The summed E-state index contributed by atoms with van der Waals surface area (Å²) in [5.41, 5.74) is 1.04. The van der Waals surface area contributed by atoms with E-state index in [0.717, 1.165) is 11.3 Å². The van der Waals surface area contributed by atoms with E-state index >= 15 is 0 Å². The molecule has 2 unspecified atom stereocenters. The minimum Gasteiger partial charge on any atom is -0.494 e. The molecule has 0 aliphatic carbocycles. The highest BCUT2D eigenvalue weighted by molar-refractivity contribution is 7.94. The number of para-hydroxylation sites is 1. The first-order valence-electron chi connectivity index (χ1n) is 6.40. The minimum atomic E-state index is -3.02. The van der Waals surface area contributed by atoms with Crippen LogP contribution in [0.3, 0.4) is 0 Å². The predicted molar refractivity (Wildman–Crippen MR) is 75.9 cm³/mol. The Morgan fingerprint density at radius 2 is 2.16 bits per heavy atom. The molecule has 0 saturated heterocycles. The number of rotatable bonds is 5. The zero-order valence-electron chi connectivity index (χ0n) is 11.2. The van der Waals surface area contributed by atoms with Crippen molar-refractivity contribution in [3.63, 3.8) is 0 Å². The summed E-state index contributed by atoms with van der Waals surface area (Å²) in [6.07, 6.45) is 1.70. The van der Waals surface area contributed by atoms with Crippen LogP contribution in [-0.4, -0.2) is 26.8 Å². The molecule has 1 aromatic carbocycles. The standard InChI is InChI=1S/C14H19NO3S/c1-3-18-14-7-5-4-6-13(14)11(2)15-12-8-9-19(16,17)10-12/h4-9,11-12,15H,3,10H2,1-2H3. The SMILES string of the molecule is CCOc1ccccc1C(C)NC1C=CS(=O)(=O)C1. The Morgan fingerprint density at radius 1 is 1.42 bits per heavy atom. The maximum Gasteiger partial charge on any atom is 0.173 e. The van der Waals surface area contributed by atoms with Gasteiger partial charge in [0.2, 0.25) is 0 Å². The van der Waals surface area contributed by atoms with Crippen molar-refractivity contribution in [3.05, 3.63) is 41.3 Å². The fraction of sp³-hybridized carbons (Fsp3) is 0.429. The lowest BCUT2D eigenvalue weighted by Crippen LogP contribution is -2.32. The molecule has 4 nitrogen and oxygen atoms in total. The quantitative estimate of drug-likeness (QED) is 0.897. The van der Waals surface area contributed by atoms with E-state index in [1.54, 1.807) is 6.08 Å². The van der Waals surface area contributed by atoms with Gasteiger partial charge in [0.05, 0.1) is 12.4 Å². The fourth-order valence-corrected chi connectivity index (χ4v) is 3.46. The average Bonchev–Trinajstić information content (AvgIpc) is 2.69. The summed E-state index contributed by atoms with van der Waals surface area (Å²) < 4.78 is 28.3. The Kier molecular flexibility index (Phi) is 4.27. The molecule has 19 heavy (non-hydrogen) atoms. The average molecular weight is 281 g/mol. The Morgan fingerprint density at radius 3 is 2.79 bits per heavy atom. The maximum atomic E-state index is 11.4. The van der Waals surface area contributed by atoms with E-state index in [9.17, 15) is 8.42 Å². The molecular weight excluding hydrogens is 262 g/mol. The summed E-state index contributed by atoms with van der Waals surface area (Å²) in [6.45, 7) is 4.57. The first-order chi connectivity index (χ1) is 9.02. The Hall–Kier alpha value is -1.33. The second-order valence-electron chi connectivity index (χ2n) is 4.62. The van der Waals surface area contributed by atoms with Crippen LogP contribution in [0.1, 0.15) is 25.5 Å². The Balaban J connectivity index is 2.08. The van der Waals surface area contributed by atoms with Gasteiger partial charge in [-0.05, 0) is 19.9 Å². The van der Waals surface area contributed by atoms with Gasteiger partial charge in [-0.2, -0.15) is 0 Å². The van der Waals surface area contributed by atoms with E-state index in [1.165, 1.54) is 5.41 Å². The molecule has 0 spiro atoms. The zero-order valence-corrected chi connectivity index (χ0v) is 12.0. The number of sulfone groups is 1. The van der Waals surface area contributed by atoms with E-state index in [0.29, 0.717) is 6.61 Å². The smallest absolute Gasteiger partial charge is 0.173 e. The van der Waals surface area contributed by atoms with Crippen LogP contribution < -0.4 is 10.1 Å². The molecule has 104 valence electrons. The molecule has 2 rings (SSSR count). The van der Waals surface area contributed by atoms with Gasteiger partial charge < -0.3 is 10.1 Å². The van der Waals surface area contributed by atoms with Crippen LogP contribution >= 0.6 is 0 Å². The van der Waals surface area contributed by atoms with Gasteiger partial charge in [-0.25, -0.2) is 8.42 Å². The van der Waals surface area contributed by atoms with Gasteiger partial charge in [0, 0.05) is 23.1 Å². The number of hydrogen-bond acceptors (Lipinski definition) is 4. The topological polar surface area (TPSA) is 55.4 Å². The van der Waals surface area contributed by atoms with Gasteiger partial charge in [0.25, 0.3) is 0 Å². The van der Waals surface area contributed by atoms with Crippen molar-refractivity contribution in [2.24, 2.45) is 0 Å². The largest absolute Gasteiger partial charge is 0.494 e. The van der Waals surface area contributed by atoms with Gasteiger partial charge in [0.1, 0.15) is 5.75 Å². The van der Waals surface area contributed by atoms with Gasteiger partial charge in [-0.3, -0.25) is 0 Å². The normalized spacial score (nSPS) is 22.3. The fourth-order valence-electron chi connectivity index (χ4n) is 2.22. The third kappa shape index (κ3) is 3.58. The van der Waals surface area contributed by atoms with Crippen LogP contribution in [0, 0.1) is 0 Å². The molecule has 0 fully saturated rings. The molecule has 0 radical (unpaired) electrons. The van der Waals surface area contributed by atoms with Crippen molar-refractivity contribution < 1.29 is 13.2 Å². The first kappa shape index (κ1) is 14.1. The molecule has 1 aromatic rings. The molecule has 0 bridgehead atoms. The monoisotopic (exact) mass is 281 g/mol. The summed E-state index contributed by atoms with van der Waals surface area (Å²) in [4.78, 5) is 0. The molecule has 2 atom stereocenters. The van der Waals surface area contributed by atoms with E-state index in [2.05, 4.69) is 5.32 Å². The summed E-state index contributed by atoms with van der Waals surface area (Å²) in [5.74, 6) is 0.976. The summed E-state index contributed by atoms with van der Waals surface area (Å²) >= 11 is 0. The molecule has 0 amide bonds. The minimum absolute atomic E-state index is 0.0331. The van der Waals surface area contributed by atoms with Gasteiger partial charge >= 0.3 is 0 Å². The molecule has 1 aliphatic heterocycles. The highest BCUT2D eigenvalue weighted by atomic mass is 32.2. The van der Waals surface area contributed by atoms with Crippen molar-refractivity contribution in [2.75, 3.05) is 12.4 Å². The molecule has 1 N–H and O–H groups in total. The highest BCUT2D eigenvalue weighted by Gasteiger charge is 2.23. The number of ether oxygens (including phenoxy) is 1. The second kappa shape index (κ2) is 5.75. The lowest BCUT2D eigenvalue weighted by molar-refractivity contribution is 0.332. The summed E-state index contributed by atoms with van der Waals surface area (Å²) in [6, 6.07) is 7.72. The third-order valence-corrected chi connectivity index (χ3v) is 4.48. The molecular formula is C14H19NO3S. The third-order valence-electron chi connectivity index (χ3n) is 3.08. The van der Waals surface area contributed by atoms with Crippen LogP contribution in [0.25, 0.3) is 0 Å². The van der Waals surface area contributed by atoms with Gasteiger partial charge in [0.15, 0.2) is 9.84 Å². The van der Waals surface area contributed by atoms with Crippen molar-refractivity contribution in [2.45, 2.75) is 25.9 Å². The number of nitrogens with one attached hydrogen (secondary N) is 1. The lowest BCUT2D eigenvalue weighted by atomic mass is 10.1. The lowest BCUT2D eigenvalue weighted by Gasteiger charge is -2.20. The van der Waals surface area contributed by atoms with Crippen molar-refractivity contribution in [3.8, 4) is 5.75 Å². The zero-order chi connectivity index (χ0) is 13.9. The first-order valence-corrected chi connectivity index (χ1v) is 8.12. The molecule has 1 heterocycles. The predicted octanol–water partition coefficient (Wildman–Crippen LogP) is 2.05. The second-order valence-corrected chi connectivity index (χ2v) is 6.55. The molecule has 5 heteroatoms. The molecule has 0 aromatic heterocycles. The van der Waals surface area contributed by atoms with Crippen LogP contribution in [0.4, 0.5) is 0 Å².